The molecule has 16 heavy (non-hydrogen) atoms. The average molecular weight is 221 g/mol. The maximum atomic E-state index is 5.08. The van der Waals surface area contributed by atoms with Crippen LogP contribution in [0.2, 0.25) is 0 Å². The summed E-state index contributed by atoms with van der Waals surface area (Å²) >= 11 is 0. The number of hydrogen-bond donors (Lipinski definition) is 1. The van der Waals surface area contributed by atoms with Gasteiger partial charge in [0.05, 0.1) is 0 Å². The van der Waals surface area contributed by atoms with Crippen molar-refractivity contribution in [1.82, 2.24) is 5.32 Å². The van der Waals surface area contributed by atoms with Crippen LogP contribution >= 0.6 is 0 Å². The predicted octanol–water partition coefficient (Wildman–Crippen LogP) is 3.07. The lowest BCUT2D eigenvalue weighted by Gasteiger charge is -2.20. The van der Waals surface area contributed by atoms with E-state index in [0.29, 0.717) is 12.1 Å². The summed E-state index contributed by atoms with van der Waals surface area (Å²) in [5, 5.41) is 3.57. The Balaban J connectivity index is 2.45. The summed E-state index contributed by atoms with van der Waals surface area (Å²) in [5.74, 6) is 0. The average Bonchev–Trinajstić information content (AvgIpc) is 2.27. The van der Waals surface area contributed by atoms with Crippen LogP contribution in [0.4, 0.5) is 0 Å². The normalized spacial score (nSPS) is 14.8. The minimum atomic E-state index is 0.396. The van der Waals surface area contributed by atoms with Crippen LogP contribution < -0.4 is 5.32 Å². The molecule has 1 aromatic carbocycles. The van der Waals surface area contributed by atoms with Crippen molar-refractivity contribution < 1.29 is 4.74 Å². The van der Waals surface area contributed by atoms with Crippen LogP contribution in [0, 0.1) is 6.92 Å². The van der Waals surface area contributed by atoms with Crippen molar-refractivity contribution in [2.45, 2.75) is 39.3 Å². The quantitative estimate of drug-likeness (QED) is 0.797. The van der Waals surface area contributed by atoms with Crippen LogP contribution in [0.1, 0.15) is 37.4 Å². The minimum Gasteiger partial charge on any atom is -0.385 e. The van der Waals surface area contributed by atoms with E-state index in [2.05, 4.69) is 50.4 Å². The van der Waals surface area contributed by atoms with Crippen molar-refractivity contribution >= 4 is 0 Å². The van der Waals surface area contributed by atoms with Gasteiger partial charge in [0.15, 0.2) is 0 Å². The van der Waals surface area contributed by atoms with Crippen molar-refractivity contribution in [1.29, 1.82) is 0 Å². The monoisotopic (exact) mass is 221 g/mol. The Hall–Kier alpha value is -0.860. The highest BCUT2D eigenvalue weighted by molar-refractivity contribution is 5.23. The van der Waals surface area contributed by atoms with Crippen LogP contribution in [-0.2, 0) is 4.74 Å². The molecule has 2 atom stereocenters. The molecule has 0 fully saturated rings. The number of aryl methyl sites for hydroxylation is 1. The Morgan fingerprint density at radius 3 is 2.38 bits per heavy atom. The summed E-state index contributed by atoms with van der Waals surface area (Å²) in [5.41, 5.74) is 2.65. The van der Waals surface area contributed by atoms with Crippen molar-refractivity contribution in [3.63, 3.8) is 0 Å². The molecule has 0 amide bonds. The van der Waals surface area contributed by atoms with Crippen LogP contribution in [0.5, 0.6) is 0 Å². The van der Waals surface area contributed by atoms with Gasteiger partial charge in [0.2, 0.25) is 0 Å². The molecule has 2 heteroatoms. The van der Waals surface area contributed by atoms with Crippen LogP contribution in [0.25, 0.3) is 0 Å². The van der Waals surface area contributed by atoms with Gasteiger partial charge in [-0.25, -0.2) is 0 Å². The van der Waals surface area contributed by atoms with E-state index in [9.17, 15) is 0 Å². The first kappa shape index (κ1) is 13.2. The zero-order valence-electron chi connectivity index (χ0n) is 10.8. The molecule has 1 aromatic rings. The Labute approximate surface area is 99.0 Å². The SMILES string of the molecule is COCCC(C)NC(C)c1ccc(C)cc1. The molecule has 0 aliphatic carbocycles. The predicted molar refractivity (Wildman–Crippen MR) is 68.7 cm³/mol. The highest BCUT2D eigenvalue weighted by Crippen LogP contribution is 2.14. The molecule has 0 aliphatic heterocycles. The van der Waals surface area contributed by atoms with Gasteiger partial charge in [0.1, 0.15) is 0 Å². The lowest BCUT2D eigenvalue weighted by atomic mass is 10.1. The van der Waals surface area contributed by atoms with E-state index in [4.69, 9.17) is 4.74 Å². The molecule has 0 aliphatic rings. The Kier molecular flexibility index (Phi) is 5.50. The van der Waals surface area contributed by atoms with Gasteiger partial charge >= 0.3 is 0 Å². The molecule has 2 unspecified atom stereocenters. The number of ether oxygens (including phenoxy) is 1. The number of rotatable bonds is 6. The summed E-state index contributed by atoms with van der Waals surface area (Å²) in [4.78, 5) is 0. The molecule has 1 rings (SSSR count). The second-order valence-electron chi connectivity index (χ2n) is 4.48. The van der Waals surface area contributed by atoms with Crippen LogP contribution in [-0.4, -0.2) is 19.8 Å². The Morgan fingerprint density at radius 2 is 1.81 bits per heavy atom. The van der Waals surface area contributed by atoms with Gasteiger partial charge in [-0.15, -0.1) is 0 Å². The Bertz CT molecular complexity index is 294. The van der Waals surface area contributed by atoms with Gasteiger partial charge in [-0.1, -0.05) is 29.8 Å². The van der Waals surface area contributed by atoms with E-state index in [-0.39, 0.29) is 0 Å². The second kappa shape index (κ2) is 6.66. The minimum absolute atomic E-state index is 0.396. The third-order valence-corrected chi connectivity index (χ3v) is 2.87. The highest BCUT2D eigenvalue weighted by atomic mass is 16.5. The van der Waals surface area contributed by atoms with Gasteiger partial charge < -0.3 is 10.1 Å². The summed E-state index contributed by atoms with van der Waals surface area (Å²) in [7, 11) is 1.75. The van der Waals surface area contributed by atoms with Crippen molar-refractivity contribution in [3.8, 4) is 0 Å². The molecule has 0 bridgehead atoms. The van der Waals surface area contributed by atoms with E-state index >= 15 is 0 Å². The maximum Gasteiger partial charge on any atom is 0.0476 e. The van der Waals surface area contributed by atoms with Crippen molar-refractivity contribution in [2.75, 3.05) is 13.7 Å². The summed E-state index contributed by atoms with van der Waals surface area (Å²) < 4.78 is 5.08. The van der Waals surface area contributed by atoms with Crippen LogP contribution in [0.3, 0.4) is 0 Å². The van der Waals surface area contributed by atoms with E-state index in [0.717, 1.165) is 13.0 Å². The van der Waals surface area contributed by atoms with Crippen molar-refractivity contribution in [2.24, 2.45) is 0 Å². The van der Waals surface area contributed by atoms with Gasteiger partial charge in [-0.3, -0.25) is 0 Å². The highest BCUT2D eigenvalue weighted by Gasteiger charge is 2.08. The molecule has 0 aromatic heterocycles. The molecule has 1 N–H and O–H groups in total. The first-order valence-electron chi connectivity index (χ1n) is 5.95. The lowest BCUT2D eigenvalue weighted by Crippen LogP contribution is -2.29. The van der Waals surface area contributed by atoms with E-state index in [1.165, 1.54) is 11.1 Å². The topological polar surface area (TPSA) is 21.3 Å². The fourth-order valence-electron chi connectivity index (χ4n) is 1.76. The number of benzene rings is 1. The first-order valence-corrected chi connectivity index (χ1v) is 5.95. The number of hydrogen-bond acceptors (Lipinski definition) is 2. The number of nitrogens with one attached hydrogen (secondary N) is 1. The smallest absolute Gasteiger partial charge is 0.0476 e. The molecule has 0 saturated heterocycles. The molecule has 0 spiro atoms. The standard InChI is InChI=1S/C14H23NO/c1-11-5-7-14(8-6-11)13(3)15-12(2)9-10-16-4/h5-8,12-13,15H,9-10H2,1-4H3. The van der Waals surface area contributed by atoms with E-state index < -0.39 is 0 Å². The fraction of sp³-hybridized carbons (Fsp3) is 0.571. The lowest BCUT2D eigenvalue weighted by molar-refractivity contribution is 0.183. The first-order chi connectivity index (χ1) is 7.63. The summed E-state index contributed by atoms with van der Waals surface area (Å²) in [6, 6.07) is 9.58. The van der Waals surface area contributed by atoms with Gasteiger partial charge in [-0.05, 0) is 32.8 Å². The van der Waals surface area contributed by atoms with Gasteiger partial charge in [-0.2, -0.15) is 0 Å². The van der Waals surface area contributed by atoms with Crippen LogP contribution in [0.15, 0.2) is 24.3 Å². The third-order valence-electron chi connectivity index (χ3n) is 2.87. The number of methoxy groups -OCH3 is 1. The Morgan fingerprint density at radius 1 is 1.19 bits per heavy atom. The maximum absolute atomic E-state index is 5.08. The summed E-state index contributed by atoms with van der Waals surface area (Å²) in [6.45, 7) is 7.33. The fourth-order valence-corrected chi connectivity index (χ4v) is 1.76. The van der Waals surface area contributed by atoms with Gasteiger partial charge in [0.25, 0.3) is 0 Å². The van der Waals surface area contributed by atoms with E-state index in [1.807, 2.05) is 0 Å². The largest absolute Gasteiger partial charge is 0.385 e. The molecular formula is C14H23NO. The molecule has 0 radical (unpaired) electrons. The third kappa shape index (κ3) is 4.33. The molecule has 0 heterocycles. The van der Waals surface area contributed by atoms with E-state index in [1.54, 1.807) is 7.11 Å². The zero-order valence-corrected chi connectivity index (χ0v) is 10.8. The second-order valence-corrected chi connectivity index (χ2v) is 4.48. The molecule has 0 saturated carbocycles. The molecule has 2 nitrogen and oxygen atoms in total. The van der Waals surface area contributed by atoms with Crippen molar-refractivity contribution in [3.05, 3.63) is 35.4 Å². The molecule has 90 valence electrons. The summed E-state index contributed by atoms with van der Waals surface area (Å²) in [6.07, 6.45) is 1.05. The molecular weight excluding hydrogens is 198 g/mol. The zero-order chi connectivity index (χ0) is 12.0. The van der Waals surface area contributed by atoms with Gasteiger partial charge in [0, 0.05) is 25.8 Å².